The molecule has 0 fully saturated rings. The molecule has 0 bridgehead atoms. The van der Waals surface area contributed by atoms with E-state index in [4.69, 9.17) is 10.5 Å². The maximum Gasteiger partial charge on any atom is 0.146 e. The fraction of sp³-hybridized carbons (Fsp3) is 0. The monoisotopic (exact) mass is 143 g/mol. The van der Waals surface area contributed by atoms with E-state index in [1.54, 1.807) is 29.1 Å². The van der Waals surface area contributed by atoms with Crippen molar-refractivity contribution >= 4 is 6.20 Å². The molecule has 0 saturated heterocycles. The molecule has 0 spiro atoms. The van der Waals surface area contributed by atoms with Crippen molar-refractivity contribution in [1.29, 1.82) is 10.5 Å². The number of allylic oxidation sites excluding steroid dienone is 1. The van der Waals surface area contributed by atoms with Gasteiger partial charge in [-0.2, -0.15) is 10.5 Å². The van der Waals surface area contributed by atoms with Gasteiger partial charge in [0, 0.05) is 18.6 Å². The molecule has 0 aromatic carbocycles. The predicted molar refractivity (Wildman–Crippen MR) is 39.9 cm³/mol. The first kappa shape index (κ1) is 7.11. The van der Waals surface area contributed by atoms with E-state index < -0.39 is 0 Å². The van der Waals surface area contributed by atoms with Gasteiger partial charge >= 0.3 is 0 Å². The van der Waals surface area contributed by atoms with Crippen LogP contribution in [0.2, 0.25) is 0 Å². The fourth-order valence-electron chi connectivity index (χ4n) is 0.666. The Kier molecular flexibility index (Phi) is 2.09. The third-order valence-electron chi connectivity index (χ3n) is 1.15. The lowest BCUT2D eigenvalue weighted by Crippen LogP contribution is -1.81. The third kappa shape index (κ3) is 1.70. The maximum atomic E-state index is 8.37. The van der Waals surface area contributed by atoms with Crippen LogP contribution in [0.1, 0.15) is 0 Å². The molecule has 11 heavy (non-hydrogen) atoms. The van der Waals surface area contributed by atoms with Gasteiger partial charge in [-0.15, -0.1) is 0 Å². The highest BCUT2D eigenvalue weighted by Crippen LogP contribution is 1.96. The van der Waals surface area contributed by atoms with Crippen LogP contribution >= 0.6 is 0 Å². The first-order valence-corrected chi connectivity index (χ1v) is 3.01. The van der Waals surface area contributed by atoms with Crippen LogP contribution in [0.15, 0.2) is 30.1 Å². The molecule has 1 rings (SSSR count). The lowest BCUT2D eigenvalue weighted by molar-refractivity contribution is 1.16. The van der Waals surface area contributed by atoms with Crippen LogP contribution in [0, 0.1) is 22.7 Å². The molecular formula is C8H5N3. The van der Waals surface area contributed by atoms with Crippen molar-refractivity contribution in [3.63, 3.8) is 0 Å². The van der Waals surface area contributed by atoms with E-state index in [1.807, 2.05) is 12.1 Å². The molecule has 0 atom stereocenters. The number of hydrogen-bond acceptors (Lipinski definition) is 2. The van der Waals surface area contributed by atoms with Gasteiger partial charge in [0.2, 0.25) is 0 Å². The molecule has 52 valence electrons. The van der Waals surface area contributed by atoms with Crippen LogP contribution < -0.4 is 0 Å². The third-order valence-corrected chi connectivity index (χ3v) is 1.15. The highest BCUT2D eigenvalue weighted by molar-refractivity contribution is 5.49. The number of nitriles is 2. The van der Waals surface area contributed by atoms with Gasteiger partial charge < -0.3 is 4.57 Å². The average Bonchev–Trinajstić information content (AvgIpc) is 2.52. The smallest absolute Gasteiger partial charge is 0.146 e. The van der Waals surface area contributed by atoms with E-state index in [2.05, 4.69) is 0 Å². The van der Waals surface area contributed by atoms with E-state index in [1.165, 1.54) is 6.20 Å². The summed E-state index contributed by atoms with van der Waals surface area (Å²) in [5.74, 6) is 0. The van der Waals surface area contributed by atoms with E-state index in [9.17, 15) is 0 Å². The summed E-state index contributed by atoms with van der Waals surface area (Å²) >= 11 is 0. The molecule has 0 amide bonds. The second-order valence-electron chi connectivity index (χ2n) is 1.90. The summed E-state index contributed by atoms with van der Waals surface area (Å²) < 4.78 is 1.65. The van der Waals surface area contributed by atoms with E-state index in [0.29, 0.717) is 0 Å². The number of aromatic nitrogens is 1. The van der Waals surface area contributed by atoms with Crippen molar-refractivity contribution in [3.05, 3.63) is 30.1 Å². The molecule has 0 radical (unpaired) electrons. The van der Waals surface area contributed by atoms with Gasteiger partial charge in [-0.1, -0.05) is 0 Å². The Labute approximate surface area is 64.4 Å². The lowest BCUT2D eigenvalue weighted by atomic mass is 10.4. The molecule has 0 aliphatic rings. The van der Waals surface area contributed by atoms with Crippen LogP contribution in [0.5, 0.6) is 0 Å². The van der Waals surface area contributed by atoms with Gasteiger partial charge in [0.1, 0.15) is 17.7 Å². The Balaban J connectivity index is 2.93. The quantitative estimate of drug-likeness (QED) is 0.557. The zero-order valence-corrected chi connectivity index (χ0v) is 5.73. The van der Waals surface area contributed by atoms with E-state index >= 15 is 0 Å². The van der Waals surface area contributed by atoms with Crippen LogP contribution in [-0.4, -0.2) is 4.57 Å². The van der Waals surface area contributed by atoms with Crippen LogP contribution in [0.3, 0.4) is 0 Å². The zero-order valence-electron chi connectivity index (χ0n) is 5.73. The molecule has 0 N–H and O–H groups in total. The van der Waals surface area contributed by atoms with Crippen LogP contribution in [0.25, 0.3) is 6.20 Å². The molecule has 3 heteroatoms. The molecule has 3 nitrogen and oxygen atoms in total. The van der Waals surface area contributed by atoms with Crippen LogP contribution in [0.4, 0.5) is 0 Å². The van der Waals surface area contributed by atoms with Gasteiger partial charge in [0.25, 0.3) is 0 Å². The minimum Gasteiger partial charge on any atom is -0.329 e. The molecular weight excluding hydrogens is 138 g/mol. The van der Waals surface area contributed by atoms with Gasteiger partial charge in [-0.25, -0.2) is 0 Å². The van der Waals surface area contributed by atoms with Gasteiger partial charge in [0.05, 0.1) is 0 Å². The number of rotatable bonds is 1. The Morgan fingerprint density at radius 1 is 1.18 bits per heavy atom. The van der Waals surface area contributed by atoms with Crippen LogP contribution in [-0.2, 0) is 0 Å². The summed E-state index contributed by atoms with van der Waals surface area (Å²) in [7, 11) is 0. The van der Waals surface area contributed by atoms with Crippen molar-refractivity contribution in [3.8, 4) is 12.1 Å². The fourth-order valence-corrected chi connectivity index (χ4v) is 0.666. The summed E-state index contributed by atoms with van der Waals surface area (Å²) in [6.45, 7) is 0. The zero-order chi connectivity index (χ0) is 8.10. The SMILES string of the molecule is N#CC(C#N)=Cn1cccc1. The maximum absolute atomic E-state index is 8.37. The second kappa shape index (κ2) is 3.24. The Morgan fingerprint density at radius 3 is 2.18 bits per heavy atom. The Hall–Kier alpha value is -2.00. The standard InChI is InChI=1S/C8H5N3/c9-5-8(6-10)7-11-3-1-2-4-11/h1-4,7H. The van der Waals surface area contributed by atoms with Gasteiger partial charge in [-0.3, -0.25) is 0 Å². The Morgan fingerprint density at radius 2 is 1.73 bits per heavy atom. The summed E-state index contributed by atoms with van der Waals surface area (Å²) in [6, 6.07) is 7.18. The topological polar surface area (TPSA) is 52.5 Å². The van der Waals surface area contributed by atoms with E-state index in [-0.39, 0.29) is 5.57 Å². The molecule has 1 heterocycles. The molecule has 1 aromatic heterocycles. The van der Waals surface area contributed by atoms with Crippen molar-refractivity contribution in [2.45, 2.75) is 0 Å². The van der Waals surface area contributed by atoms with Crippen molar-refractivity contribution in [2.75, 3.05) is 0 Å². The normalized spacial score (nSPS) is 7.82. The summed E-state index contributed by atoms with van der Waals surface area (Å²) in [5.41, 5.74) is 0.0983. The predicted octanol–water partition coefficient (Wildman–Crippen LogP) is 1.38. The van der Waals surface area contributed by atoms with E-state index in [0.717, 1.165) is 0 Å². The van der Waals surface area contributed by atoms with Crippen molar-refractivity contribution in [1.82, 2.24) is 4.57 Å². The van der Waals surface area contributed by atoms with Crippen molar-refractivity contribution in [2.24, 2.45) is 0 Å². The molecule has 0 aliphatic heterocycles. The minimum atomic E-state index is 0.0983. The second-order valence-corrected chi connectivity index (χ2v) is 1.90. The lowest BCUT2D eigenvalue weighted by Gasteiger charge is -1.88. The first-order chi connectivity index (χ1) is 5.36. The largest absolute Gasteiger partial charge is 0.329 e. The van der Waals surface area contributed by atoms with Crippen molar-refractivity contribution < 1.29 is 0 Å². The van der Waals surface area contributed by atoms with Gasteiger partial charge in [-0.05, 0) is 12.1 Å². The Bertz CT molecular complexity index is 316. The average molecular weight is 143 g/mol. The minimum absolute atomic E-state index is 0.0983. The summed E-state index contributed by atoms with van der Waals surface area (Å²) in [4.78, 5) is 0. The highest BCUT2D eigenvalue weighted by atomic mass is 14.9. The molecule has 0 unspecified atom stereocenters. The highest BCUT2D eigenvalue weighted by Gasteiger charge is 1.89. The van der Waals surface area contributed by atoms with Gasteiger partial charge in [0.15, 0.2) is 0 Å². The first-order valence-electron chi connectivity index (χ1n) is 3.01. The summed E-state index contributed by atoms with van der Waals surface area (Å²) in [6.07, 6.45) is 4.99. The molecule has 1 aromatic rings. The molecule has 0 aliphatic carbocycles. The number of nitrogens with zero attached hydrogens (tertiary/aromatic N) is 3. The molecule has 0 saturated carbocycles. The number of hydrogen-bond donors (Lipinski definition) is 0. The summed E-state index contributed by atoms with van der Waals surface area (Å²) in [5, 5.41) is 16.7.